The summed E-state index contributed by atoms with van der Waals surface area (Å²) in [7, 11) is 1.77. The minimum absolute atomic E-state index is 0.0118. The van der Waals surface area contributed by atoms with Crippen molar-refractivity contribution in [2.75, 3.05) is 26.0 Å². The molecule has 0 aliphatic heterocycles. The van der Waals surface area contributed by atoms with Gasteiger partial charge in [0.2, 0.25) is 5.91 Å². The Hall–Kier alpha value is -2.51. The van der Waals surface area contributed by atoms with Crippen LogP contribution in [0.1, 0.15) is 12.5 Å². The Kier molecular flexibility index (Phi) is 7.76. The summed E-state index contributed by atoms with van der Waals surface area (Å²) in [5, 5.41) is 10.0. The van der Waals surface area contributed by atoms with E-state index in [2.05, 4.69) is 30.1 Å². The third-order valence-electron chi connectivity index (χ3n) is 4.66. The smallest absolute Gasteiger partial charge is 0.232 e. The molecule has 0 atom stereocenters. The molecular weight excluding hydrogens is 420 g/mol. The van der Waals surface area contributed by atoms with Gasteiger partial charge in [0.05, 0.1) is 12.3 Å². The molecule has 0 radical (unpaired) electrons. The van der Waals surface area contributed by atoms with Gasteiger partial charge < -0.3 is 14.2 Å². The summed E-state index contributed by atoms with van der Waals surface area (Å²) in [6.45, 7) is 5.73. The molecule has 0 bridgehead atoms. The second-order valence-electron chi connectivity index (χ2n) is 6.78. The lowest BCUT2D eigenvalue weighted by Crippen LogP contribution is -2.32. The number of aryl methyl sites for hydroxylation is 1. The van der Waals surface area contributed by atoms with Crippen molar-refractivity contribution in [2.24, 2.45) is 0 Å². The molecule has 0 unspecified atom stereocenters. The third-order valence-corrected chi connectivity index (χ3v) is 5.85. The summed E-state index contributed by atoms with van der Waals surface area (Å²) in [4.78, 5) is 14.2. The summed E-state index contributed by atoms with van der Waals surface area (Å²) in [6, 6.07) is 15.3. The average Bonchev–Trinajstić information content (AvgIpc) is 3.15. The predicted octanol–water partition coefficient (Wildman–Crippen LogP) is 4.56. The third kappa shape index (κ3) is 5.55. The van der Waals surface area contributed by atoms with Gasteiger partial charge in [0.1, 0.15) is 12.4 Å². The molecule has 0 fully saturated rings. The van der Waals surface area contributed by atoms with Gasteiger partial charge in [-0.25, -0.2) is 0 Å². The Morgan fingerprint density at radius 3 is 2.73 bits per heavy atom. The number of ether oxygens (including phenoxy) is 1. The van der Waals surface area contributed by atoms with Crippen LogP contribution in [0.5, 0.6) is 5.75 Å². The van der Waals surface area contributed by atoms with E-state index in [-0.39, 0.29) is 5.91 Å². The van der Waals surface area contributed by atoms with Gasteiger partial charge in [-0.15, -0.1) is 10.2 Å². The molecule has 1 aromatic heterocycles. The number of nitrogens with zero attached hydrogens (tertiary/aromatic N) is 4. The van der Waals surface area contributed by atoms with Crippen LogP contribution < -0.4 is 4.74 Å². The molecule has 3 rings (SSSR count). The van der Waals surface area contributed by atoms with Gasteiger partial charge in [-0.05, 0) is 37.6 Å². The van der Waals surface area contributed by atoms with Crippen LogP contribution >= 0.6 is 23.4 Å². The SMILES string of the molecule is CCn1c(SCC(=O)N(C)CCOc2cccc(Cl)c2)nnc1-c1ccccc1C. The van der Waals surface area contributed by atoms with E-state index in [1.54, 1.807) is 24.1 Å². The van der Waals surface area contributed by atoms with E-state index in [4.69, 9.17) is 16.3 Å². The number of carbonyl (C=O) groups excluding carboxylic acids is 1. The lowest BCUT2D eigenvalue weighted by Gasteiger charge is -2.17. The molecule has 0 saturated carbocycles. The summed E-state index contributed by atoms with van der Waals surface area (Å²) in [5.41, 5.74) is 2.20. The average molecular weight is 445 g/mol. The van der Waals surface area contributed by atoms with Crippen molar-refractivity contribution in [1.29, 1.82) is 0 Å². The van der Waals surface area contributed by atoms with E-state index in [1.165, 1.54) is 11.8 Å². The van der Waals surface area contributed by atoms with Gasteiger partial charge in [0.25, 0.3) is 0 Å². The van der Waals surface area contributed by atoms with Crippen molar-refractivity contribution in [3.63, 3.8) is 0 Å². The van der Waals surface area contributed by atoms with Crippen molar-refractivity contribution >= 4 is 29.3 Å². The van der Waals surface area contributed by atoms with Gasteiger partial charge in [-0.3, -0.25) is 4.79 Å². The van der Waals surface area contributed by atoms with Gasteiger partial charge in [0, 0.05) is 24.2 Å². The van der Waals surface area contributed by atoms with E-state index < -0.39 is 0 Å². The molecule has 1 heterocycles. The molecule has 0 spiro atoms. The molecule has 3 aromatic rings. The Bertz CT molecular complexity index is 1010. The molecular formula is C22H25ClN4O2S. The number of aromatic nitrogens is 3. The standard InChI is InChI=1S/C22H25ClN4O2S/c1-4-27-21(19-11-6-5-8-16(19)2)24-25-22(27)30-15-20(28)26(3)12-13-29-18-10-7-9-17(23)14-18/h5-11,14H,4,12-13,15H2,1-3H3. The first-order valence-electron chi connectivity index (χ1n) is 9.74. The van der Waals surface area contributed by atoms with Crippen molar-refractivity contribution in [1.82, 2.24) is 19.7 Å². The lowest BCUT2D eigenvalue weighted by molar-refractivity contribution is -0.127. The van der Waals surface area contributed by atoms with Crippen LogP contribution in [0, 0.1) is 6.92 Å². The first-order chi connectivity index (χ1) is 14.5. The molecule has 30 heavy (non-hydrogen) atoms. The maximum atomic E-state index is 12.5. The van der Waals surface area contributed by atoms with E-state index in [0.717, 1.165) is 28.7 Å². The molecule has 1 amide bonds. The number of hydrogen-bond donors (Lipinski definition) is 0. The Morgan fingerprint density at radius 1 is 1.20 bits per heavy atom. The fraction of sp³-hybridized carbons (Fsp3) is 0.318. The van der Waals surface area contributed by atoms with Crippen LogP contribution in [-0.2, 0) is 11.3 Å². The zero-order valence-corrected chi connectivity index (χ0v) is 18.9. The maximum Gasteiger partial charge on any atom is 0.232 e. The molecule has 0 N–H and O–H groups in total. The highest BCUT2D eigenvalue weighted by Crippen LogP contribution is 2.26. The van der Waals surface area contributed by atoms with Crippen molar-refractivity contribution in [3.05, 3.63) is 59.1 Å². The topological polar surface area (TPSA) is 60.2 Å². The van der Waals surface area contributed by atoms with Crippen molar-refractivity contribution in [3.8, 4) is 17.1 Å². The Labute approximate surface area is 186 Å². The summed E-state index contributed by atoms with van der Waals surface area (Å²) >= 11 is 7.35. The zero-order chi connectivity index (χ0) is 21.5. The number of carbonyl (C=O) groups is 1. The fourth-order valence-electron chi connectivity index (χ4n) is 2.92. The summed E-state index contributed by atoms with van der Waals surface area (Å²) in [6.07, 6.45) is 0. The normalized spacial score (nSPS) is 10.8. The van der Waals surface area contributed by atoms with Crippen LogP contribution in [0.25, 0.3) is 11.4 Å². The number of likely N-dealkylation sites (N-methyl/N-ethyl adjacent to an activating group) is 1. The highest BCUT2D eigenvalue weighted by Gasteiger charge is 2.17. The number of halogens is 1. The molecule has 0 aliphatic rings. The molecule has 8 heteroatoms. The molecule has 158 valence electrons. The minimum Gasteiger partial charge on any atom is -0.492 e. The summed E-state index contributed by atoms with van der Waals surface area (Å²) in [5.74, 6) is 1.82. The van der Waals surface area contributed by atoms with Crippen molar-refractivity contribution < 1.29 is 9.53 Å². The van der Waals surface area contributed by atoms with E-state index in [9.17, 15) is 4.79 Å². The second-order valence-corrected chi connectivity index (χ2v) is 8.15. The molecule has 0 aliphatic carbocycles. The molecule has 2 aromatic carbocycles. The van der Waals surface area contributed by atoms with Crippen molar-refractivity contribution in [2.45, 2.75) is 25.5 Å². The first-order valence-corrected chi connectivity index (χ1v) is 11.1. The number of hydrogen-bond acceptors (Lipinski definition) is 5. The largest absolute Gasteiger partial charge is 0.492 e. The van der Waals surface area contributed by atoms with Crippen LogP contribution in [0.4, 0.5) is 0 Å². The molecule has 6 nitrogen and oxygen atoms in total. The summed E-state index contributed by atoms with van der Waals surface area (Å²) < 4.78 is 7.70. The first kappa shape index (κ1) is 22.2. The van der Waals surface area contributed by atoms with Gasteiger partial charge in [-0.1, -0.05) is 53.7 Å². The zero-order valence-electron chi connectivity index (χ0n) is 17.3. The number of rotatable bonds is 9. The van der Waals surface area contributed by atoms with Gasteiger partial charge in [-0.2, -0.15) is 0 Å². The Balaban J connectivity index is 1.54. The highest BCUT2D eigenvalue weighted by molar-refractivity contribution is 7.99. The molecule has 0 saturated heterocycles. The highest BCUT2D eigenvalue weighted by atomic mass is 35.5. The quantitative estimate of drug-likeness (QED) is 0.453. The number of thioether (sulfide) groups is 1. The van der Waals surface area contributed by atoms with Gasteiger partial charge in [0.15, 0.2) is 11.0 Å². The monoisotopic (exact) mass is 444 g/mol. The van der Waals surface area contributed by atoms with E-state index >= 15 is 0 Å². The van der Waals surface area contributed by atoms with E-state index in [1.807, 2.05) is 34.9 Å². The van der Waals surface area contributed by atoms with Gasteiger partial charge >= 0.3 is 0 Å². The second kappa shape index (κ2) is 10.5. The number of benzene rings is 2. The predicted molar refractivity (Wildman–Crippen MR) is 121 cm³/mol. The van der Waals surface area contributed by atoms with Crippen LogP contribution in [0.15, 0.2) is 53.7 Å². The van der Waals surface area contributed by atoms with Crippen LogP contribution in [0.2, 0.25) is 5.02 Å². The maximum absolute atomic E-state index is 12.5. The van der Waals surface area contributed by atoms with E-state index in [0.29, 0.717) is 29.7 Å². The Morgan fingerprint density at radius 2 is 2.00 bits per heavy atom. The van der Waals surface area contributed by atoms with Crippen LogP contribution in [-0.4, -0.2) is 51.5 Å². The lowest BCUT2D eigenvalue weighted by atomic mass is 10.1. The fourth-order valence-corrected chi connectivity index (χ4v) is 4.05. The minimum atomic E-state index is 0.0118. The van der Waals surface area contributed by atoms with Crippen LogP contribution in [0.3, 0.4) is 0 Å². The number of amides is 1.